The van der Waals surface area contributed by atoms with Crippen LogP contribution in [0.1, 0.15) is 31.2 Å². The summed E-state index contributed by atoms with van der Waals surface area (Å²) in [4.78, 5) is 11.5. The molecule has 1 aromatic carbocycles. The number of benzene rings is 1. The van der Waals surface area contributed by atoms with Crippen LogP contribution in [-0.4, -0.2) is 45.9 Å². The van der Waals surface area contributed by atoms with Gasteiger partial charge in [0.2, 0.25) is 5.95 Å². The van der Waals surface area contributed by atoms with Crippen molar-refractivity contribution in [1.29, 1.82) is 0 Å². The van der Waals surface area contributed by atoms with Crippen molar-refractivity contribution in [1.82, 2.24) is 25.1 Å². The maximum Gasteiger partial charge on any atom is 0.225 e. The maximum absolute atomic E-state index is 6.25. The average molecular weight is 414 g/mol. The highest BCUT2D eigenvalue weighted by Gasteiger charge is 2.22. The van der Waals surface area contributed by atoms with Crippen LogP contribution in [-0.2, 0) is 13.6 Å². The molecule has 29 heavy (non-hydrogen) atoms. The number of rotatable bonds is 6. The van der Waals surface area contributed by atoms with Gasteiger partial charge < -0.3 is 15.5 Å². The Kier molecular flexibility index (Phi) is 5.87. The molecule has 8 heteroatoms. The maximum atomic E-state index is 6.25. The molecule has 1 aliphatic carbocycles. The molecule has 4 rings (SSSR count). The third kappa shape index (κ3) is 4.46. The molecule has 154 valence electrons. The van der Waals surface area contributed by atoms with E-state index in [1.807, 2.05) is 50.4 Å². The average Bonchev–Trinajstić information content (AvgIpc) is 3.04. The van der Waals surface area contributed by atoms with Gasteiger partial charge in [0.25, 0.3) is 0 Å². The highest BCUT2D eigenvalue weighted by molar-refractivity contribution is 6.30. The number of hydrogen-bond acceptors (Lipinski definition) is 6. The molecule has 0 amide bonds. The summed E-state index contributed by atoms with van der Waals surface area (Å²) in [6.45, 7) is 0.759. The van der Waals surface area contributed by atoms with Crippen LogP contribution in [0.25, 0.3) is 10.9 Å². The van der Waals surface area contributed by atoms with Crippen molar-refractivity contribution in [2.45, 2.75) is 44.3 Å². The van der Waals surface area contributed by atoms with E-state index in [0.717, 1.165) is 54.5 Å². The van der Waals surface area contributed by atoms with E-state index < -0.39 is 0 Å². The molecule has 2 N–H and O–H groups in total. The van der Waals surface area contributed by atoms with E-state index in [2.05, 4.69) is 21.8 Å². The number of aryl methyl sites for hydroxylation is 1. The van der Waals surface area contributed by atoms with Gasteiger partial charge in [0.1, 0.15) is 11.0 Å². The topological polar surface area (TPSA) is 70.9 Å². The van der Waals surface area contributed by atoms with Crippen LogP contribution in [0, 0.1) is 0 Å². The highest BCUT2D eigenvalue weighted by Crippen LogP contribution is 2.26. The molecule has 0 saturated heterocycles. The Balaban J connectivity index is 1.35. The largest absolute Gasteiger partial charge is 0.362 e. The lowest BCUT2D eigenvalue weighted by molar-refractivity contribution is 0.352. The van der Waals surface area contributed by atoms with Gasteiger partial charge in [0.15, 0.2) is 0 Å². The second-order valence-electron chi connectivity index (χ2n) is 7.94. The lowest BCUT2D eigenvalue weighted by atomic mass is 9.91. The Labute approximate surface area is 176 Å². The lowest BCUT2D eigenvalue weighted by Crippen LogP contribution is -2.37. The summed E-state index contributed by atoms with van der Waals surface area (Å²) in [5.41, 5.74) is 2.02. The first-order valence-corrected chi connectivity index (χ1v) is 10.5. The standard InChI is InChI=1S/C21H28ClN7/c1-28(2)20-17-6-4-5-7-18(17)26-21(27-20)25-16-10-8-15(9-11-16)23-12-14-13-24-29(3)19(14)22/h4-7,13,15-16,23H,8-12H2,1-3H3,(H,25,26,27)/t15-,16+. The van der Waals surface area contributed by atoms with E-state index in [1.54, 1.807) is 4.68 Å². The molecule has 1 aliphatic rings. The zero-order valence-corrected chi connectivity index (χ0v) is 17.9. The first-order chi connectivity index (χ1) is 14.0. The van der Waals surface area contributed by atoms with Crippen molar-refractivity contribution < 1.29 is 0 Å². The van der Waals surface area contributed by atoms with Crippen molar-refractivity contribution in [3.05, 3.63) is 41.2 Å². The number of nitrogens with zero attached hydrogens (tertiary/aromatic N) is 5. The van der Waals surface area contributed by atoms with Gasteiger partial charge in [-0.3, -0.25) is 4.68 Å². The Bertz CT molecular complexity index is 976. The van der Waals surface area contributed by atoms with Crippen LogP contribution in [0.3, 0.4) is 0 Å². The second-order valence-corrected chi connectivity index (χ2v) is 8.30. The molecule has 0 spiro atoms. The van der Waals surface area contributed by atoms with E-state index >= 15 is 0 Å². The monoisotopic (exact) mass is 413 g/mol. The summed E-state index contributed by atoms with van der Waals surface area (Å²) in [5, 5.41) is 13.2. The fourth-order valence-electron chi connectivity index (χ4n) is 3.93. The Morgan fingerprint density at radius 1 is 1.10 bits per heavy atom. The first-order valence-electron chi connectivity index (χ1n) is 10.1. The van der Waals surface area contributed by atoms with Gasteiger partial charge in [0, 0.05) is 50.7 Å². The van der Waals surface area contributed by atoms with E-state index in [-0.39, 0.29) is 0 Å². The number of para-hydroxylation sites is 1. The van der Waals surface area contributed by atoms with Gasteiger partial charge in [-0.2, -0.15) is 10.1 Å². The van der Waals surface area contributed by atoms with Crippen molar-refractivity contribution in [2.24, 2.45) is 7.05 Å². The molecule has 1 saturated carbocycles. The smallest absolute Gasteiger partial charge is 0.225 e. The molecule has 2 heterocycles. The second kappa shape index (κ2) is 8.55. The minimum Gasteiger partial charge on any atom is -0.362 e. The molecule has 0 radical (unpaired) electrons. The summed E-state index contributed by atoms with van der Waals surface area (Å²) < 4.78 is 1.70. The predicted octanol–water partition coefficient (Wildman–Crippen LogP) is 3.60. The van der Waals surface area contributed by atoms with Gasteiger partial charge in [-0.05, 0) is 37.8 Å². The summed E-state index contributed by atoms with van der Waals surface area (Å²) >= 11 is 6.25. The van der Waals surface area contributed by atoms with Crippen LogP contribution in [0.4, 0.5) is 11.8 Å². The highest BCUT2D eigenvalue weighted by atomic mass is 35.5. The van der Waals surface area contributed by atoms with Crippen LogP contribution in [0.5, 0.6) is 0 Å². The number of hydrogen-bond donors (Lipinski definition) is 2. The van der Waals surface area contributed by atoms with Crippen molar-refractivity contribution in [3.63, 3.8) is 0 Å². The molecule has 7 nitrogen and oxygen atoms in total. The lowest BCUT2D eigenvalue weighted by Gasteiger charge is -2.30. The molecular weight excluding hydrogens is 386 g/mol. The zero-order valence-electron chi connectivity index (χ0n) is 17.2. The molecule has 3 aromatic rings. The van der Waals surface area contributed by atoms with E-state index in [0.29, 0.717) is 23.2 Å². The van der Waals surface area contributed by atoms with Crippen molar-refractivity contribution in [3.8, 4) is 0 Å². The van der Waals surface area contributed by atoms with Gasteiger partial charge in [-0.15, -0.1) is 0 Å². The van der Waals surface area contributed by atoms with Gasteiger partial charge >= 0.3 is 0 Å². The zero-order chi connectivity index (χ0) is 20.4. The number of halogens is 1. The van der Waals surface area contributed by atoms with Crippen LogP contribution in [0.2, 0.25) is 5.15 Å². The summed E-state index contributed by atoms with van der Waals surface area (Å²) in [7, 11) is 5.90. The fourth-order valence-corrected chi connectivity index (χ4v) is 4.09. The van der Waals surface area contributed by atoms with Crippen LogP contribution >= 0.6 is 11.6 Å². The SMILES string of the molecule is CN(C)c1nc(N[C@H]2CC[C@@H](NCc3cnn(C)c3Cl)CC2)nc2ccccc12. The van der Waals surface area contributed by atoms with Crippen LogP contribution in [0.15, 0.2) is 30.5 Å². The van der Waals surface area contributed by atoms with E-state index in [9.17, 15) is 0 Å². The van der Waals surface area contributed by atoms with Crippen LogP contribution < -0.4 is 15.5 Å². The molecule has 2 aromatic heterocycles. The van der Waals surface area contributed by atoms with Crippen molar-refractivity contribution in [2.75, 3.05) is 24.3 Å². The van der Waals surface area contributed by atoms with Crippen molar-refractivity contribution >= 4 is 34.3 Å². The third-order valence-corrected chi connectivity index (χ3v) is 6.07. The third-order valence-electron chi connectivity index (χ3n) is 5.58. The summed E-state index contributed by atoms with van der Waals surface area (Å²) in [6.07, 6.45) is 6.24. The number of fused-ring (bicyclic) bond motifs is 1. The minimum absolute atomic E-state index is 0.395. The molecule has 0 atom stereocenters. The van der Waals surface area contributed by atoms with Gasteiger partial charge in [0.05, 0.1) is 11.7 Å². The molecular formula is C21H28ClN7. The number of anilines is 2. The molecule has 1 fully saturated rings. The first kappa shape index (κ1) is 19.9. The Morgan fingerprint density at radius 2 is 1.83 bits per heavy atom. The normalized spacial score (nSPS) is 19.4. The minimum atomic E-state index is 0.395. The number of aromatic nitrogens is 4. The van der Waals surface area contributed by atoms with E-state index in [1.165, 1.54) is 0 Å². The Hall–Kier alpha value is -2.38. The van der Waals surface area contributed by atoms with Gasteiger partial charge in [-0.1, -0.05) is 23.7 Å². The van der Waals surface area contributed by atoms with E-state index in [4.69, 9.17) is 21.6 Å². The Morgan fingerprint density at radius 3 is 2.52 bits per heavy atom. The molecule has 0 aliphatic heterocycles. The number of nitrogens with one attached hydrogen (secondary N) is 2. The molecule has 0 unspecified atom stereocenters. The predicted molar refractivity (Wildman–Crippen MR) is 119 cm³/mol. The fraction of sp³-hybridized carbons (Fsp3) is 0.476. The molecule has 0 bridgehead atoms. The quantitative estimate of drug-likeness (QED) is 0.643. The van der Waals surface area contributed by atoms with Gasteiger partial charge in [-0.25, -0.2) is 4.98 Å². The summed E-state index contributed by atoms with van der Waals surface area (Å²) in [6, 6.07) is 9.05. The summed E-state index contributed by atoms with van der Waals surface area (Å²) in [5.74, 6) is 1.66.